The smallest absolute Gasteiger partial charge is 0.350 e. The van der Waals surface area contributed by atoms with E-state index in [-0.39, 0.29) is 0 Å². The topological polar surface area (TPSA) is 145 Å². The Morgan fingerprint density at radius 1 is 1.13 bits per heavy atom. The molecule has 15 heavy (non-hydrogen) atoms. The number of aliphatic carboxylic acids is 3. The molecule has 0 aliphatic rings. The van der Waals surface area contributed by atoms with E-state index in [1.165, 1.54) is 0 Å². The molecule has 0 aliphatic heterocycles. The number of rotatable bonds is 6. The van der Waals surface area contributed by atoms with Gasteiger partial charge in [0, 0.05) is 0 Å². The van der Waals surface area contributed by atoms with Crippen LogP contribution in [0.4, 0.5) is 0 Å². The van der Waals surface area contributed by atoms with Crippen LogP contribution in [0.2, 0.25) is 0 Å². The van der Waals surface area contributed by atoms with Crippen molar-refractivity contribution in [3.63, 3.8) is 0 Å². The lowest BCUT2D eigenvalue weighted by Crippen LogP contribution is -2.44. The van der Waals surface area contributed by atoms with E-state index in [9.17, 15) is 14.4 Å². The number of carboxylic acid groups (broad SMARTS) is 3. The van der Waals surface area contributed by atoms with Crippen molar-refractivity contribution < 1.29 is 34.4 Å². The van der Waals surface area contributed by atoms with Crippen LogP contribution in [0, 0.1) is 11.5 Å². The summed E-state index contributed by atoms with van der Waals surface area (Å²) in [5, 5.41) is 33.6. The molecule has 0 unspecified atom stereocenters. The lowest BCUT2D eigenvalue weighted by atomic mass is 9.95. The molecule has 0 spiro atoms. The highest BCUT2D eigenvalue weighted by atomic mass is 16.5. The van der Waals surface area contributed by atoms with Crippen LogP contribution in [0.15, 0.2) is 0 Å². The Labute approximate surface area is 83.3 Å². The van der Waals surface area contributed by atoms with Gasteiger partial charge in [0.1, 0.15) is 0 Å². The minimum atomic E-state index is -2.55. The number of hydrogen-bond donors (Lipinski definition) is 3. The molecule has 0 bridgehead atoms. The van der Waals surface area contributed by atoms with Crippen LogP contribution in [-0.2, 0) is 19.1 Å². The maximum atomic E-state index is 10.7. The van der Waals surface area contributed by atoms with Crippen molar-refractivity contribution in [2.45, 2.75) is 18.4 Å². The number of carbonyl (C=O) groups is 3. The van der Waals surface area contributed by atoms with Crippen molar-refractivity contribution in [2.75, 3.05) is 0 Å². The molecule has 0 heterocycles. The van der Waals surface area contributed by atoms with Crippen LogP contribution in [-0.4, -0.2) is 38.8 Å². The molecule has 8 heteroatoms. The van der Waals surface area contributed by atoms with Crippen LogP contribution in [0.5, 0.6) is 0 Å². The van der Waals surface area contributed by atoms with Gasteiger partial charge in [-0.15, -0.1) is 0 Å². The zero-order valence-electron chi connectivity index (χ0n) is 7.34. The molecule has 0 saturated heterocycles. The maximum Gasteiger partial charge on any atom is 0.350 e. The second-order valence-corrected chi connectivity index (χ2v) is 2.63. The lowest BCUT2D eigenvalue weighted by molar-refractivity contribution is -0.170. The molecular weight excluding hydrogens is 210 g/mol. The third-order valence-corrected chi connectivity index (χ3v) is 1.50. The average Bonchev–Trinajstić information content (AvgIpc) is 2.01. The van der Waals surface area contributed by atoms with E-state index in [1.807, 2.05) is 0 Å². The van der Waals surface area contributed by atoms with E-state index < -0.39 is 36.4 Å². The van der Waals surface area contributed by atoms with E-state index in [2.05, 4.69) is 4.74 Å². The third-order valence-electron chi connectivity index (χ3n) is 1.50. The Kier molecular flexibility index (Phi) is 4.07. The SMILES string of the molecule is N#COC(CC(=O)O)(CC(=O)O)C(=O)O. The van der Waals surface area contributed by atoms with Crippen LogP contribution in [0.25, 0.3) is 0 Å². The molecule has 0 saturated carbocycles. The van der Waals surface area contributed by atoms with E-state index in [1.54, 1.807) is 0 Å². The van der Waals surface area contributed by atoms with Gasteiger partial charge in [0.2, 0.25) is 5.60 Å². The van der Waals surface area contributed by atoms with Gasteiger partial charge in [-0.05, 0) is 0 Å². The van der Waals surface area contributed by atoms with Crippen LogP contribution in [0.1, 0.15) is 12.8 Å². The quantitative estimate of drug-likeness (QED) is 0.493. The summed E-state index contributed by atoms with van der Waals surface area (Å²) in [6, 6.07) is 0. The molecule has 0 fully saturated rings. The van der Waals surface area contributed by atoms with Gasteiger partial charge in [-0.3, -0.25) is 9.59 Å². The molecule has 8 nitrogen and oxygen atoms in total. The maximum absolute atomic E-state index is 10.7. The lowest BCUT2D eigenvalue weighted by Gasteiger charge is -2.22. The summed E-state index contributed by atoms with van der Waals surface area (Å²) in [4.78, 5) is 31.3. The van der Waals surface area contributed by atoms with Crippen LogP contribution < -0.4 is 0 Å². The number of hydrogen-bond acceptors (Lipinski definition) is 5. The first-order valence-corrected chi connectivity index (χ1v) is 3.58. The summed E-state index contributed by atoms with van der Waals surface area (Å²) in [5.41, 5.74) is -2.55. The minimum absolute atomic E-state index is 0.993. The predicted octanol–water partition coefficient (Wildman–Crippen LogP) is -0.743. The second-order valence-electron chi connectivity index (χ2n) is 2.63. The van der Waals surface area contributed by atoms with Crippen molar-refractivity contribution >= 4 is 17.9 Å². The Balaban J connectivity index is 5.07. The number of nitriles is 1. The molecular formula is C7H7NO7. The van der Waals surface area contributed by atoms with Gasteiger partial charge in [0.15, 0.2) is 0 Å². The fourth-order valence-electron chi connectivity index (χ4n) is 0.905. The largest absolute Gasteiger partial charge is 0.481 e. The first-order chi connectivity index (χ1) is 6.84. The summed E-state index contributed by atoms with van der Waals surface area (Å²) in [6.45, 7) is 0. The summed E-state index contributed by atoms with van der Waals surface area (Å²) in [7, 11) is 0. The molecule has 0 amide bonds. The summed E-state index contributed by atoms with van der Waals surface area (Å²) in [5.74, 6) is -4.96. The van der Waals surface area contributed by atoms with Gasteiger partial charge < -0.3 is 20.1 Å². The molecule has 0 aromatic carbocycles. The van der Waals surface area contributed by atoms with E-state index in [4.69, 9.17) is 20.6 Å². The molecule has 82 valence electrons. The van der Waals surface area contributed by atoms with E-state index >= 15 is 0 Å². The average molecular weight is 217 g/mol. The van der Waals surface area contributed by atoms with Gasteiger partial charge in [0.25, 0.3) is 6.26 Å². The molecule has 0 radical (unpaired) electrons. The zero-order chi connectivity index (χ0) is 12.1. The van der Waals surface area contributed by atoms with Crippen LogP contribution in [0.3, 0.4) is 0 Å². The van der Waals surface area contributed by atoms with Gasteiger partial charge in [0.05, 0.1) is 12.8 Å². The number of nitrogens with zero attached hydrogens (tertiary/aromatic N) is 1. The molecule has 0 aliphatic carbocycles. The standard InChI is InChI=1S/C7H7NO7/c8-3-15-7(6(13)14,1-4(9)10)2-5(11)12/h1-2H2,(H,9,10)(H,11,12)(H,13,14). The first-order valence-electron chi connectivity index (χ1n) is 3.58. The molecule has 0 atom stereocenters. The van der Waals surface area contributed by atoms with Gasteiger partial charge >= 0.3 is 17.9 Å². The van der Waals surface area contributed by atoms with E-state index in [0.717, 1.165) is 6.26 Å². The molecule has 3 N–H and O–H groups in total. The number of ether oxygens (including phenoxy) is 1. The first kappa shape index (κ1) is 12.7. The predicted molar refractivity (Wildman–Crippen MR) is 41.6 cm³/mol. The van der Waals surface area contributed by atoms with Crippen molar-refractivity contribution in [1.82, 2.24) is 0 Å². The van der Waals surface area contributed by atoms with Gasteiger partial charge in [-0.1, -0.05) is 0 Å². The minimum Gasteiger partial charge on any atom is -0.481 e. The normalized spacial score (nSPS) is 10.1. The van der Waals surface area contributed by atoms with Crippen molar-refractivity contribution in [3.8, 4) is 6.26 Å². The van der Waals surface area contributed by atoms with E-state index in [0.29, 0.717) is 0 Å². The Bertz CT molecular complexity index is 313. The highest BCUT2D eigenvalue weighted by molar-refractivity contribution is 5.88. The van der Waals surface area contributed by atoms with Gasteiger partial charge in [-0.25, -0.2) is 4.79 Å². The summed E-state index contributed by atoms with van der Waals surface area (Å²) >= 11 is 0. The monoisotopic (exact) mass is 217 g/mol. The second kappa shape index (κ2) is 4.80. The highest BCUT2D eigenvalue weighted by Crippen LogP contribution is 2.21. The fourth-order valence-corrected chi connectivity index (χ4v) is 0.905. The van der Waals surface area contributed by atoms with Gasteiger partial charge in [-0.2, -0.15) is 5.26 Å². The fraction of sp³-hybridized carbons (Fsp3) is 0.429. The Morgan fingerprint density at radius 2 is 1.53 bits per heavy atom. The number of carboxylic acids is 3. The van der Waals surface area contributed by atoms with Crippen molar-refractivity contribution in [2.24, 2.45) is 0 Å². The Morgan fingerprint density at radius 3 is 1.73 bits per heavy atom. The highest BCUT2D eigenvalue weighted by Gasteiger charge is 2.46. The molecule has 0 aromatic heterocycles. The van der Waals surface area contributed by atoms with Crippen LogP contribution >= 0.6 is 0 Å². The third kappa shape index (κ3) is 3.51. The summed E-state index contributed by atoms with van der Waals surface area (Å²) in [6.07, 6.45) is -1.22. The zero-order valence-corrected chi connectivity index (χ0v) is 7.34. The summed E-state index contributed by atoms with van der Waals surface area (Å²) < 4.78 is 4.06. The van der Waals surface area contributed by atoms with Crippen molar-refractivity contribution in [3.05, 3.63) is 0 Å². The van der Waals surface area contributed by atoms with Crippen molar-refractivity contribution in [1.29, 1.82) is 5.26 Å². The molecule has 0 rings (SSSR count). The Hall–Kier alpha value is -2.30. The molecule has 0 aromatic rings.